The molecule has 0 fully saturated rings. The van der Waals surface area contributed by atoms with Gasteiger partial charge in [0.2, 0.25) is 0 Å². The fourth-order valence-electron chi connectivity index (χ4n) is 2.06. The first-order valence-corrected chi connectivity index (χ1v) is 8.05. The van der Waals surface area contributed by atoms with Gasteiger partial charge in [-0.1, -0.05) is 12.1 Å². The van der Waals surface area contributed by atoms with E-state index in [0.717, 1.165) is 0 Å². The zero-order valence-electron chi connectivity index (χ0n) is 15.1. The molecule has 2 aromatic rings. The van der Waals surface area contributed by atoms with Crippen LogP contribution in [-0.4, -0.2) is 31.5 Å². The number of hydrogen-bond acceptors (Lipinski definition) is 4. The van der Waals surface area contributed by atoms with E-state index >= 15 is 0 Å². The van der Waals surface area contributed by atoms with Crippen molar-refractivity contribution >= 4 is 6.21 Å². The first-order chi connectivity index (χ1) is 13.9. The zero-order valence-corrected chi connectivity index (χ0v) is 15.1. The average Bonchev–Trinajstić information content (AvgIpc) is 2.67. The lowest BCUT2D eigenvalue weighted by atomic mass is 10.2. The molecule has 0 saturated heterocycles. The molecule has 2 aromatic carbocycles. The molecule has 30 heavy (non-hydrogen) atoms. The quantitative estimate of drug-likeness (QED) is 0.267. The third kappa shape index (κ3) is 5.30. The molecule has 0 bridgehead atoms. The minimum atomic E-state index is -6.47. The van der Waals surface area contributed by atoms with Crippen molar-refractivity contribution in [3.8, 4) is 11.5 Å². The lowest BCUT2D eigenvalue weighted by molar-refractivity contribution is -0.361. The predicted molar refractivity (Wildman–Crippen MR) is 90.4 cm³/mol. The highest BCUT2D eigenvalue weighted by Gasteiger charge is 2.73. The Hall–Kier alpha value is -3.05. The summed E-state index contributed by atoms with van der Waals surface area (Å²) in [5.74, 6) is -6.44. The molecule has 4 nitrogen and oxygen atoms in total. The number of hydrogen-bond donors (Lipinski definition) is 1. The van der Waals surface area contributed by atoms with Crippen molar-refractivity contribution in [3.05, 3.63) is 59.4 Å². The van der Waals surface area contributed by atoms with Gasteiger partial charge in [0.05, 0.1) is 13.3 Å². The number of rotatable bonds is 8. The van der Waals surface area contributed by atoms with Crippen LogP contribution in [0.5, 0.6) is 11.5 Å². The van der Waals surface area contributed by atoms with E-state index in [9.17, 15) is 35.1 Å². The Labute approximate surface area is 165 Å². The van der Waals surface area contributed by atoms with Crippen molar-refractivity contribution in [1.82, 2.24) is 5.43 Å². The van der Waals surface area contributed by atoms with Gasteiger partial charge >= 0.3 is 18.1 Å². The molecule has 0 saturated carbocycles. The van der Waals surface area contributed by atoms with Crippen LogP contribution in [0.15, 0.2) is 47.6 Å². The van der Waals surface area contributed by atoms with Crippen LogP contribution in [0.25, 0.3) is 0 Å². The molecule has 1 N–H and O–H groups in total. The molecule has 0 spiro atoms. The zero-order chi connectivity index (χ0) is 22.6. The van der Waals surface area contributed by atoms with Gasteiger partial charge in [-0.25, -0.2) is 9.82 Å². The molecule has 0 unspecified atom stereocenters. The maximum Gasteiger partial charge on any atom is 0.462 e. The van der Waals surface area contributed by atoms with E-state index in [4.69, 9.17) is 9.47 Å². The van der Waals surface area contributed by atoms with Gasteiger partial charge in [0.1, 0.15) is 12.4 Å². The molecule has 0 amide bonds. The van der Waals surface area contributed by atoms with Crippen LogP contribution < -0.4 is 14.9 Å². The standard InChI is InChI=1S/C18H14F8N2O2/c1-29-15-8-12(9-27-28-18(25,26)16(20,21)17(22,23)24)4-7-14(15)30-10-11-2-5-13(19)6-3-11/h2-9,28H,10H2,1H3/b27-9+. The van der Waals surface area contributed by atoms with Crippen molar-refractivity contribution in [2.45, 2.75) is 24.8 Å². The first kappa shape index (κ1) is 23.2. The van der Waals surface area contributed by atoms with Gasteiger partial charge in [0.15, 0.2) is 11.5 Å². The van der Waals surface area contributed by atoms with Crippen molar-refractivity contribution in [2.24, 2.45) is 5.10 Å². The molecule has 2 rings (SSSR count). The second-order valence-electron chi connectivity index (χ2n) is 5.84. The Balaban J connectivity index is 2.07. The molecule has 0 heterocycles. The van der Waals surface area contributed by atoms with E-state index in [1.807, 2.05) is 0 Å². The molecule has 12 heteroatoms. The van der Waals surface area contributed by atoms with Gasteiger partial charge in [0, 0.05) is 0 Å². The highest BCUT2D eigenvalue weighted by Crippen LogP contribution is 2.45. The summed E-state index contributed by atoms with van der Waals surface area (Å²) in [6.45, 7) is 0.0460. The molecule has 0 atom stereocenters. The number of benzene rings is 2. The number of nitrogens with zero attached hydrogens (tertiary/aromatic N) is 1. The molecule has 0 aliphatic carbocycles. The largest absolute Gasteiger partial charge is 0.493 e. The number of methoxy groups -OCH3 is 1. The second kappa shape index (κ2) is 8.76. The van der Waals surface area contributed by atoms with E-state index in [1.54, 1.807) is 0 Å². The third-order valence-electron chi connectivity index (χ3n) is 3.66. The van der Waals surface area contributed by atoms with Crippen LogP contribution in [0.2, 0.25) is 0 Å². The minimum absolute atomic E-state index is 0.0413. The normalized spacial score (nSPS) is 12.8. The Morgan fingerprint density at radius 1 is 0.933 bits per heavy atom. The van der Waals surface area contributed by atoms with Gasteiger partial charge in [-0.2, -0.15) is 35.8 Å². The van der Waals surface area contributed by atoms with Crippen molar-refractivity contribution < 1.29 is 44.6 Å². The highest BCUT2D eigenvalue weighted by atomic mass is 19.4. The fraction of sp³-hybridized carbons (Fsp3) is 0.278. The molecular weight excluding hydrogens is 428 g/mol. The molecule has 0 aliphatic rings. The van der Waals surface area contributed by atoms with Crippen LogP contribution in [-0.2, 0) is 6.61 Å². The molecule has 0 aromatic heterocycles. The van der Waals surface area contributed by atoms with Gasteiger partial charge < -0.3 is 9.47 Å². The van der Waals surface area contributed by atoms with Crippen LogP contribution >= 0.6 is 0 Å². The summed E-state index contributed by atoms with van der Waals surface area (Å²) in [4.78, 5) is 0. The Morgan fingerprint density at radius 2 is 1.57 bits per heavy atom. The lowest BCUT2D eigenvalue weighted by Gasteiger charge is -2.27. The summed E-state index contributed by atoms with van der Waals surface area (Å²) >= 11 is 0. The summed E-state index contributed by atoms with van der Waals surface area (Å²) in [6.07, 6.45) is -5.86. The van der Waals surface area contributed by atoms with Crippen LogP contribution in [0.4, 0.5) is 35.1 Å². The SMILES string of the molecule is COc1cc(/C=N/NC(F)(F)C(F)(F)C(F)(F)F)ccc1OCc1ccc(F)cc1. The minimum Gasteiger partial charge on any atom is -0.493 e. The van der Waals surface area contributed by atoms with Gasteiger partial charge in [-0.3, -0.25) is 0 Å². The van der Waals surface area contributed by atoms with E-state index < -0.39 is 24.0 Å². The predicted octanol–water partition coefficient (Wildman–Crippen LogP) is 5.13. The molecular formula is C18H14F8N2O2. The number of hydrazone groups is 1. The third-order valence-corrected chi connectivity index (χ3v) is 3.66. The van der Waals surface area contributed by atoms with Crippen molar-refractivity contribution in [2.75, 3.05) is 7.11 Å². The Morgan fingerprint density at radius 3 is 2.13 bits per heavy atom. The fourth-order valence-corrected chi connectivity index (χ4v) is 2.06. The van der Waals surface area contributed by atoms with Gasteiger partial charge in [0.25, 0.3) is 0 Å². The van der Waals surface area contributed by atoms with Crippen molar-refractivity contribution in [1.29, 1.82) is 0 Å². The summed E-state index contributed by atoms with van der Waals surface area (Å²) in [5.41, 5.74) is 1.20. The highest BCUT2D eigenvalue weighted by molar-refractivity contribution is 5.80. The smallest absolute Gasteiger partial charge is 0.462 e. The van der Waals surface area contributed by atoms with Gasteiger partial charge in [-0.05, 0) is 41.5 Å². The maximum atomic E-state index is 13.1. The number of halogens is 8. The van der Waals surface area contributed by atoms with Crippen LogP contribution in [0, 0.1) is 5.82 Å². The number of ether oxygens (including phenoxy) is 2. The Kier molecular flexibility index (Phi) is 6.78. The van der Waals surface area contributed by atoms with E-state index in [1.165, 1.54) is 49.6 Å². The molecule has 0 radical (unpaired) electrons. The second-order valence-corrected chi connectivity index (χ2v) is 5.84. The monoisotopic (exact) mass is 442 g/mol. The summed E-state index contributed by atoms with van der Waals surface area (Å²) in [6, 6.07) is 3.63. The van der Waals surface area contributed by atoms with Gasteiger partial charge in [-0.15, -0.1) is 0 Å². The van der Waals surface area contributed by atoms with Crippen LogP contribution in [0.1, 0.15) is 11.1 Å². The molecule has 164 valence electrons. The summed E-state index contributed by atoms with van der Waals surface area (Å²) in [7, 11) is 1.26. The van der Waals surface area contributed by atoms with E-state index in [0.29, 0.717) is 17.2 Å². The average molecular weight is 442 g/mol. The summed E-state index contributed by atoms with van der Waals surface area (Å²) < 4.78 is 111. The van der Waals surface area contributed by atoms with E-state index in [-0.39, 0.29) is 23.7 Å². The number of nitrogens with one attached hydrogen (secondary N) is 1. The molecule has 0 aliphatic heterocycles. The maximum absolute atomic E-state index is 13.1. The lowest BCUT2D eigenvalue weighted by Crippen LogP contribution is -2.58. The Bertz CT molecular complexity index is 883. The number of alkyl halides is 7. The van der Waals surface area contributed by atoms with Crippen molar-refractivity contribution in [3.63, 3.8) is 0 Å². The first-order valence-electron chi connectivity index (χ1n) is 8.05. The summed E-state index contributed by atoms with van der Waals surface area (Å²) in [5, 5.41) is 2.76. The topological polar surface area (TPSA) is 42.8 Å². The van der Waals surface area contributed by atoms with E-state index in [2.05, 4.69) is 5.10 Å². The van der Waals surface area contributed by atoms with Crippen LogP contribution in [0.3, 0.4) is 0 Å².